The van der Waals surface area contributed by atoms with E-state index >= 15 is 0 Å². The Hall–Kier alpha value is -1.89. The van der Waals surface area contributed by atoms with E-state index in [0.717, 1.165) is 12.1 Å². The second-order valence-electron chi connectivity index (χ2n) is 3.69. The molecule has 0 aliphatic rings. The van der Waals surface area contributed by atoms with Crippen molar-refractivity contribution < 1.29 is 0 Å². The standard InChI is InChI=1S/C15H15N/c1-2-13-10-11-16-15(12-13)9-8-14-6-4-3-5-7-14/h3-12H,2H2,1H3/b9-8+. The third-order valence-corrected chi connectivity index (χ3v) is 2.50. The molecule has 0 bridgehead atoms. The lowest BCUT2D eigenvalue weighted by Crippen LogP contribution is -1.84. The predicted molar refractivity (Wildman–Crippen MR) is 69.0 cm³/mol. The highest BCUT2D eigenvalue weighted by molar-refractivity contribution is 5.67. The van der Waals surface area contributed by atoms with Gasteiger partial charge in [-0.1, -0.05) is 43.3 Å². The summed E-state index contributed by atoms with van der Waals surface area (Å²) in [5.74, 6) is 0. The van der Waals surface area contributed by atoms with Crippen LogP contribution in [0.5, 0.6) is 0 Å². The molecule has 0 unspecified atom stereocenters. The van der Waals surface area contributed by atoms with Crippen molar-refractivity contribution >= 4 is 12.2 Å². The second kappa shape index (κ2) is 5.26. The first kappa shape index (κ1) is 10.6. The van der Waals surface area contributed by atoms with Gasteiger partial charge in [0.15, 0.2) is 0 Å². The van der Waals surface area contributed by atoms with Crippen LogP contribution in [0.1, 0.15) is 23.7 Å². The number of benzene rings is 1. The monoisotopic (exact) mass is 209 g/mol. The van der Waals surface area contributed by atoms with Crippen LogP contribution < -0.4 is 0 Å². The summed E-state index contributed by atoms with van der Waals surface area (Å²) < 4.78 is 0. The van der Waals surface area contributed by atoms with Crippen molar-refractivity contribution in [1.29, 1.82) is 0 Å². The Bertz CT molecular complexity index is 472. The van der Waals surface area contributed by atoms with Gasteiger partial charge in [-0.15, -0.1) is 0 Å². The first-order valence-corrected chi connectivity index (χ1v) is 5.56. The predicted octanol–water partition coefficient (Wildman–Crippen LogP) is 3.81. The molecule has 0 N–H and O–H groups in total. The topological polar surface area (TPSA) is 12.9 Å². The van der Waals surface area contributed by atoms with Gasteiger partial charge in [-0.05, 0) is 35.8 Å². The number of pyridine rings is 1. The van der Waals surface area contributed by atoms with Crippen LogP contribution in [0.2, 0.25) is 0 Å². The lowest BCUT2D eigenvalue weighted by Gasteiger charge is -1.97. The first-order valence-electron chi connectivity index (χ1n) is 5.56. The summed E-state index contributed by atoms with van der Waals surface area (Å²) in [7, 11) is 0. The smallest absolute Gasteiger partial charge is 0.0632 e. The third kappa shape index (κ3) is 2.80. The molecule has 0 aliphatic carbocycles. The minimum Gasteiger partial charge on any atom is -0.257 e. The Morgan fingerprint density at radius 1 is 1.06 bits per heavy atom. The van der Waals surface area contributed by atoms with Crippen LogP contribution in [0.25, 0.3) is 12.2 Å². The zero-order chi connectivity index (χ0) is 11.2. The molecule has 0 atom stereocenters. The van der Waals surface area contributed by atoms with E-state index < -0.39 is 0 Å². The van der Waals surface area contributed by atoms with Gasteiger partial charge in [0, 0.05) is 6.20 Å². The van der Waals surface area contributed by atoms with E-state index in [2.05, 4.69) is 48.3 Å². The molecule has 2 rings (SSSR count). The highest BCUT2D eigenvalue weighted by Crippen LogP contribution is 2.08. The molecular weight excluding hydrogens is 194 g/mol. The van der Waals surface area contributed by atoms with Crippen molar-refractivity contribution in [1.82, 2.24) is 4.98 Å². The molecule has 1 nitrogen and oxygen atoms in total. The molecule has 0 aliphatic heterocycles. The summed E-state index contributed by atoms with van der Waals surface area (Å²) in [5.41, 5.74) is 3.54. The van der Waals surface area contributed by atoms with E-state index in [1.807, 2.05) is 24.4 Å². The number of hydrogen-bond donors (Lipinski definition) is 0. The number of aryl methyl sites for hydroxylation is 1. The molecule has 0 spiro atoms. The molecule has 16 heavy (non-hydrogen) atoms. The summed E-state index contributed by atoms with van der Waals surface area (Å²) >= 11 is 0. The van der Waals surface area contributed by atoms with E-state index in [1.54, 1.807) is 0 Å². The highest BCUT2D eigenvalue weighted by atomic mass is 14.7. The van der Waals surface area contributed by atoms with Gasteiger partial charge in [-0.2, -0.15) is 0 Å². The van der Waals surface area contributed by atoms with Crippen LogP contribution in [0.4, 0.5) is 0 Å². The van der Waals surface area contributed by atoms with Crippen LogP contribution in [-0.2, 0) is 6.42 Å². The third-order valence-electron chi connectivity index (χ3n) is 2.50. The Kier molecular flexibility index (Phi) is 3.50. The first-order chi connectivity index (χ1) is 7.88. The molecular formula is C15H15N. The molecule has 80 valence electrons. The lowest BCUT2D eigenvalue weighted by molar-refractivity contribution is 1.11. The average molecular weight is 209 g/mol. The summed E-state index contributed by atoms with van der Waals surface area (Å²) in [6.45, 7) is 2.15. The van der Waals surface area contributed by atoms with Crippen LogP contribution in [-0.4, -0.2) is 4.98 Å². The van der Waals surface area contributed by atoms with Crippen LogP contribution in [0.15, 0.2) is 48.7 Å². The van der Waals surface area contributed by atoms with E-state index in [4.69, 9.17) is 0 Å². The maximum Gasteiger partial charge on any atom is 0.0632 e. The van der Waals surface area contributed by atoms with Crippen molar-refractivity contribution in [2.24, 2.45) is 0 Å². The molecule has 1 aromatic heterocycles. The minimum absolute atomic E-state index is 1.02. The fourth-order valence-electron chi connectivity index (χ4n) is 1.55. The summed E-state index contributed by atoms with van der Waals surface area (Å²) in [4.78, 5) is 4.32. The molecule has 2 aromatic rings. The van der Waals surface area contributed by atoms with Crippen LogP contribution in [0, 0.1) is 0 Å². The number of rotatable bonds is 3. The molecule has 0 amide bonds. The van der Waals surface area contributed by atoms with Crippen molar-refractivity contribution in [3.8, 4) is 0 Å². The largest absolute Gasteiger partial charge is 0.257 e. The zero-order valence-corrected chi connectivity index (χ0v) is 9.43. The molecule has 0 radical (unpaired) electrons. The molecule has 1 heterocycles. The van der Waals surface area contributed by atoms with E-state index in [0.29, 0.717) is 0 Å². The molecule has 0 fully saturated rings. The average Bonchev–Trinajstić information content (AvgIpc) is 2.38. The molecule has 1 aromatic carbocycles. The SMILES string of the molecule is CCc1ccnc(/C=C/c2ccccc2)c1. The quantitative estimate of drug-likeness (QED) is 0.749. The Morgan fingerprint density at radius 3 is 2.62 bits per heavy atom. The number of aromatic nitrogens is 1. The van der Waals surface area contributed by atoms with E-state index in [-0.39, 0.29) is 0 Å². The fraction of sp³-hybridized carbons (Fsp3) is 0.133. The molecule has 1 heteroatoms. The summed E-state index contributed by atoms with van der Waals surface area (Å²) in [6.07, 6.45) is 7.05. The second-order valence-corrected chi connectivity index (χ2v) is 3.69. The van der Waals surface area contributed by atoms with Gasteiger partial charge in [0.1, 0.15) is 0 Å². The van der Waals surface area contributed by atoms with Gasteiger partial charge in [0.25, 0.3) is 0 Å². The van der Waals surface area contributed by atoms with Gasteiger partial charge < -0.3 is 0 Å². The van der Waals surface area contributed by atoms with Gasteiger partial charge >= 0.3 is 0 Å². The van der Waals surface area contributed by atoms with Gasteiger partial charge in [0.2, 0.25) is 0 Å². The van der Waals surface area contributed by atoms with Crippen molar-refractivity contribution in [2.75, 3.05) is 0 Å². The molecule has 0 saturated carbocycles. The Labute approximate surface area is 96.5 Å². The lowest BCUT2D eigenvalue weighted by atomic mass is 10.1. The van der Waals surface area contributed by atoms with Crippen molar-refractivity contribution in [2.45, 2.75) is 13.3 Å². The number of hydrogen-bond acceptors (Lipinski definition) is 1. The van der Waals surface area contributed by atoms with E-state index in [9.17, 15) is 0 Å². The summed E-state index contributed by atoms with van der Waals surface area (Å²) in [6, 6.07) is 14.4. The molecule has 0 saturated heterocycles. The summed E-state index contributed by atoms with van der Waals surface area (Å²) in [5, 5.41) is 0. The van der Waals surface area contributed by atoms with Crippen LogP contribution in [0.3, 0.4) is 0 Å². The van der Waals surface area contributed by atoms with E-state index in [1.165, 1.54) is 11.1 Å². The van der Waals surface area contributed by atoms with Gasteiger partial charge in [-0.25, -0.2) is 0 Å². The van der Waals surface area contributed by atoms with Crippen molar-refractivity contribution in [3.05, 3.63) is 65.5 Å². The Morgan fingerprint density at radius 2 is 1.88 bits per heavy atom. The fourth-order valence-corrected chi connectivity index (χ4v) is 1.55. The highest BCUT2D eigenvalue weighted by Gasteiger charge is 1.91. The van der Waals surface area contributed by atoms with Crippen molar-refractivity contribution in [3.63, 3.8) is 0 Å². The normalized spacial score (nSPS) is 10.8. The number of nitrogens with zero attached hydrogens (tertiary/aromatic N) is 1. The Balaban J connectivity index is 2.17. The minimum atomic E-state index is 1.02. The maximum absolute atomic E-state index is 4.32. The maximum atomic E-state index is 4.32. The van der Waals surface area contributed by atoms with Gasteiger partial charge in [0.05, 0.1) is 5.69 Å². The van der Waals surface area contributed by atoms with Crippen LogP contribution >= 0.6 is 0 Å². The zero-order valence-electron chi connectivity index (χ0n) is 9.43. The van der Waals surface area contributed by atoms with Gasteiger partial charge in [-0.3, -0.25) is 4.98 Å².